The van der Waals surface area contributed by atoms with Gasteiger partial charge in [-0.2, -0.15) is 13.2 Å². The number of ether oxygens (including phenoxy) is 1. The van der Waals surface area contributed by atoms with Gasteiger partial charge in [-0.15, -0.1) is 11.3 Å². The van der Waals surface area contributed by atoms with Crippen LogP contribution < -0.4 is 21.1 Å². The molecule has 0 spiro atoms. The van der Waals surface area contributed by atoms with Crippen LogP contribution in [0, 0.1) is 5.41 Å². The van der Waals surface area contributed by atoms with Gasteiger partial charge in [0.05, 0.1) is 11.4 Å². The fourth-order valence-electron chi connectivity index (χ4n) is 4.17. The Morgan fingerprint density at radius 1 is 1.19 bits per heavy atom. The van der Waals surface area contributed by atoms with E-state index in [2.05, 4.69) is 0 Å². The Labute approximate surface area is 210 Å². The fraction of sp³-hybridized carbons (Fsp3) is 0.231. The molecule has 0 aliphatic carbocycles. The number of carbonyl (C=O) groups is 1. The van der Waals surface area contributed by atoms with Crippen LogP contribution in [0.25, 0.3) is 0 Å². The number of hydrogen-bond acceptors (Lipinski definition) is 5. The van der Waals surface area contributed by atoms with Crippen LogP contribution in [0.2, 0.25) is 0 Å². The van der Waals surface area contributed by atoms with Crippen molar-refractivity contribution in [1.29, 1.82) is 5.41 Å². The third-order valence-electron chi connectivity index (χ3n) is 5.79. The Bertz CT molecular complexity index is 1330. The smallest absolute Gasteiger partial charge is 0.416 e. The number of anilines is 2. The van der Waals surface area contributed by atoms with Gasteiger partial charge in [-0.05, 0) is 43.0 Å². The number of amides is 1. The molecule has 2 heterocycles. The number of hydrogen-bond donors (Lipinski definition) is 3. The highest BCUT2D eigenvalue weighted by atomic mass is 32.1. The first-order valence-electron chi connectivity index (χ1n) is 11.2. The van der Waals surface area contributed by atoms with Gasteiger partial charge in [-0.1, -0.05) is 36.4 Å². The van der Waals surface area contributed by atoms with E-state index in [4.69, 9.17) is 21.6 Å². The quantitative estimate of drug-likeness (QED) is 0.262. The number of aryl methyl sites for hydroxylation is 1. The molecule has 0 saturated heterocycles. The lowest BCUT2D eigenvalue weighted by Gasteiger charge is -2.21. The zero-order valence-corrected chi connectivity index (χ0v) is 20.2. The first-order valence-corrected chi connectivity index (χ1v) is 12.0. The van der Waals surface area contributed by atoms with Crippen molar-refractivity contribution in [2.45, 2.75) is 38.5 Å². The van der Waals surface area contributed by atoms with Crippen molar-refractivity contribution < 1.29 is 22.7 Å². The summed E-state index contributed by atoms with van der Waals surface area (Å²) in [6, 6.07) is 12.7. The van der Waals surface area contributed by atoms with Crippen LogP contribution in [0.4, 0.5) is 23.9 Å². The minimum atomic E-state index is -4.54. The Balaban J connectivity index is 1.72. The average molecular weight is 515 g/mol. The van der Waals surface area contributed by atoms with E-state index in [0.717, 1.165) is 47.1 Å². The molecule has 188 valence electrons. The Morgan fingerprint density at radius 2 is 1.94 bits per heavy atom. The van der Waals surface area contributed by atoms with Crippen molar-refractivity contribution in [2.24, 2.45) is 11.5 Å². The number of carbonyl (C=O) groups excluding carboxylic acids is 1. The summed E-state index contributed by atoms with van der Waals surface area (Å²) in [7, 11) is 0. The van der Waals surface area contributed by atoms with E-state index in [1.54, 1.807) is 6.07 Å². The molecule has 1 aliphatic heterocycles. The topological polar surface area (TPSA) is 105 Å². The standard InChI is InChI=1S/C26H25F3N4O2S/c1-15(18-7-2-3-8-19(18)26(27,28)29)35-21-14-23(36-24(21)25(32)34)33-11-5-4-6-17-10-9-16(12-20(17)33)13-22(30)31/h2-3,5,7-12,14-15H,4,6,13H2,1H3,(H3,30,31)(H2,32,34)/t15-/m1/s1. The van der Waals surface area contributed by atoms with E-state index in [-0.39, 0.29) is 22.0 Å². The third-order valence-corrected chi connectivity index (χ3v) is 6.92. The monoisotopic (exact) mass is 514 g/mol. The second-order valence-corrected chi connectivity index (χ2v) is 9.48. The Hall–Kier alpha value is -3.79. The van der Waals surface area contributed by atoms with Crippen LogP contribution in [0.3, 0.4) is 0 Å². The molecule has 1 aromatic heterocycles. The normalized spacial score (nSPS) is 14.2. The summed E-state index contributed by atoms with van der Waals surface area (Å²) in [5, 5.41) is 8.23. The predicted octanol–water partition coefficient (Wildman–Crippen LogP) is 6.08. The molecule has 4 rings (SSSR count). The third kappa shape index (κ3) is 5.38. The molecule has 3 aromatic rings. The summed E-state index contributed by atoms with van der Waals surface area (Å²) in [5.74, 6) is -0.574. The van der Waals surface area contributed by atoms with E-state index in [9.17, 15) is 18.0 Å². The number of nitrogens with one attached hydrogen (secondary N) is 1. The molecule has 1 amide bonds. The molecule has 1 atom stereocenters. The number of benzene rings is 2. The van der Waals surface area contributed by atoms with E-state index in [0.29, 0.717) is 11.4 Å². The lowest BCUT2D eigenvalue weighted by atomic mass is 10.0. The molecule has 1 aliphatic rings. The highest BCUT2D eigenvalue weighted by Crippen LogP contribution is 2.43. The molecule has 5 N–H and O–H groups in total. The van der Waals surface area contributed by atoms with E-state index in [1.165, 1.54) is 25.1 Å². The number of nitrogens with zero attached hydrogens (tertiary/aromatic N) is 1. The average Bonchev–Trinajstić information content (AvgIpc) is 3.11. The summed E-state index contributed by atoms with van der Waals surface area (Å²) in [4.78, 5) is 14.3. The van der Waals surface area contributed by atoms with Crippen molar-refractivity contribution in [2.75, 3.05) is 4.90 Å². The SMILES string of the molecule is C[C@@H](Oc1cc(N2C=CCCc3ccc(CC(=N)N)cc32)sc1C(N)=O)c1ccccc1C(F)(F)F. The molecule has 2 aromatic carbocycles. The van der Waals surface area contributed by atoms with Crippen molar-refractivity contribution in [3.8, 4) is 5.75 Å². The van der Waals surface area contributed by atoms with Gasteiger partial charge in [0.2, 0.25) is 0 Å². The minimum absolute atomic E-state index is 0.0398. The van der Waals surface area contributed by atoms with Gasteiger partial charge in [0.25, 0.3) is 5.91 Å². The molecule has 36 heavy (non-hydrogen) atoms. The molecular weight excluding hydrogens is 489 g/mol. The molecule has 10 heteroatoms. The Kier molecular flexibility index (Phi) is 7.07. The van der Waals surface area contributed by atoms with Crippen LogP contribution in [0.5, 0.6) is 5.75 Å². The molecule has 0 saturated carbocycles. The number of thiophene rings is 1. The number of primary amides is 1. The van der Waals surface area contributed by atoms with Gasteiger partial charge in [-0.3, -0.25) is 10.2 Å². The number of halogens is 3. The van der Waals surface area contributed by atoms with E-state index in [1.807, 2.05) is 35.4 Å². The van der Waals surface area contributed by atoms with Gasteiger partial charge >= 0.3 is 6.18 Å². The molecule has 0 radical (unpaired) electrons. The minimum Gasteiger partial charge on any atom is -0.484 e. The number of rotatable bonds is 7. The first kappa shape index (κ1) is 25.3. The zero-order chi connectivity index (χ0) is 26.0. The predicted molar refractivity (Wildman–Crippen MR) is 135 cm³/mol. The number of amidine groups is 1. The van der Waals surface area contributed by atoms with Crippen LogP contribution in [-0.4, -0.2) is 11.7 Å². The molecule has 6 nitrogen and oxygen atoms in total. The maximum Gasteiger partial charge on any atom is 0.416 e. The van der Waals surface area contributed by atoms with Gasteiger partial charge in [0.1, 0.15) is 21.7 Å². The fourth-order valence-corrected chi connectivity index (χ4v) is 5.11. The number of alkyl halides is 3. The van der Waals surface area contributed by atoms with Crippen LogP contribution in [0.1, 0.15) is 51.4 Å². The van der Waals surface area contributed by atoms with Gasteiger partial charge in [-0.25, -0.2) is 0 Å². The van der Waals surface area contributed by atoms with Gasteiger partial charge in [0, 0.05) is 29.9 Å². The summed E-state index contributed by atoms with van der Waals surface area (Å²) in [6.45, 7) is 1.50. The second kappa shape index (κ2) is 10.1. The largest absolute Gasteiger partial charge is 0.484 e. The van der Waals surface area contributed by atoms with Gasteiger partial charge in [0.15, 0.2) is 0 Å². The lowest BCUT2D eigenvalue weighted by Crippen LogP contribution is -2.15. The van der Waals surface area contributed by atoms with Crippen LogP contribution >= 0.6 is 11.3 Å². The van der Waals surface area contributed by atoms with Crippen LogP contribution in [-0.2, 0) is 19.0 Å². The molecule has 0 unspecified atom stereocenters. The maximum atomic E-state index is 13.5. The van der Waals surface area contributed by atoms with Gasteiger partial charge < -0.3 is 21.1 Å². The zero-order valence-electron chi connectivity index (χ0n) is 19.4. The molecule has 0 bridgehead atoms. The van der Waals surface area contributed by atoms with Crippen molar-refractivity contribution >= 4 is 33.8 Å². The van der Waals surface area contributed by atoms with Crippen LogP contribution in [0.15, 0.2) is 60.8 Å². The first-order chi connectivity index (χ1) is 17.0. The lowest BCUT2D eigenvalue weighted by molar-refractivity contribution is -0.138. The summed E-state index contributed by atoms with van der Waals surface area (Å²) >= 11 is 1.10. The number of allylic oxidation sites excluding steroid dienone is 1. The van der Waals surface area contributed by atoms with E-state index >= 15 is 0 Å². The molecular formula is C26H25F3N4O2S. The van der Waals surface area contributed by atoms with E-state index < -0.39 is 23.8 Å². The summed E-state index contributed by atoms with van der Waals surface area (Å²) in [6.07, 6.45) is 0.245. The highest BCUT2D eigenvalue weighted by Gasteiger charge is 2.35. The summed E-state index contributed by atoms with van der Waals surface area (Å²) < 4.78 is 46.5. The van der Waals surface area contributed by atoms with Crippen molar-refractivity contribution in [1.82, 2.24) is 0 Å². The second-order valence-electron chi connectivity index (χ2n) is 8.45. The summed E-state index contributed by atoms with van der Waals surface area (Å²) in [5.41, 5.74) is 13.2. The number of nitrogens with two attached hydrogens (primary N) is 2. The highest BCUT2D eigenvalue weighted by molar-refractivity contribution is 7.18. The van der Waals surface area contributed by atoms with Crippen molar-refractivity contribution in [3.05, 3.63) is 87.9 Å². The maximum absolute atomic E-state index is 13.5. The molecule has 0 fully saturated rings. The Morgan fingerprint density at radius 3 is 2.64 bits per heavy atom. The number of fused-ring (bicyclic) bond motifs is 1. The van der Waals surface area contributed by atoms with Crippen molar-refractivity contribution in [3.63, 3.8) is 0 Å².